The van der Waals surface area contributed by atoms with Crippen LogP contribution in [0.3, 0.4) is 0 Å². The molecule has 1 aliphatic heterocycles. The molecule has 0 aromatic heterocycles. The van der Waals surface area contributed by atoms with Gasteiger partial charge in [0.25, 0.3) is 5.91 Å². The van der Waals surface area contributed by atoms with Crippen molar-refractivity contribution in [2.45, 2.75) is 6.61 Å². The predicted molar refractivity (Wildman–Crippen MR) is 115 cm³/mol. The third kappa shape index (κ3) is 5.15. The minimum Gasteiger partial charge on any atom is -0.489 e. The second-order valence-corrected chi connectivity index (χ2v) is 6.90. The molecular formula is C24H24N2O3. The Balaban J connectivity index is 1.36. The van der Waals surface area contributed by atoms with Gasteiger partial charge in [0.1, 0.15) is 12.4 Å². The molecule has 5 nitrogen and oxygen atoms in total. The predicted octanol–water partition coefficient (Wildman–Crippen LogP) is 4.35. The molecular weight excluding hydrogens is 364 g/mol. The Kier molecular flexibility index (Phi) is 6.07. The summed E-state index contributed by atoms with van der Waals surface area (Å²) in [5.74, 6) is 0.512. The lowest BCUT2D eigenvalue weighted by Gasteiger charge is -2.28. The van der Waals surface area contributed by atoms with Gasteiger partial charge in [-0.25, -0.2) is 0 Å². The highest BCUT2D eigenvalue weighted by Crippen LogP contribution is 2.21. The molecule has 0 spiro atoms. The highest BCUT2D eigenvalue weighted by atomic mass is 16.5. The Hall–Kier alpha value is -3.31. The zero-order chi connectivity index (χ0) is 19.9. The molecule has 3 aromatic carbocycles. The monoisotopic (exact) mass is 388 g/mol. The van der Waals surface area contributed by atoms with Gasteiger partial charge in [0, 0.05) is 30.0 Å². The molecule has 1 amide bonds. The van der Waals surface area contributed by atoms with Crippen LogP contribution in [0.2, 0.25) is 0 Å². The van der Waals surface area contributed by atoms with Crippen molar-refractivity contribution in [2.75, 3.05) is 36.5 Å². The Morgan fingerprint density at radius 1 is 0.931 bits per heavy atom. The third-order valence-electron chi connectivity index (χ3n) is 4.85. The minimum absolute atomic E-state index is 0.158. The maximum Gasteiger partial charge on any atom is 0.255 e. The smallest absolute Gasteiger partial charge is 0.255 e. The van der Waals surface area contributed by atoms with E-state index in [1.165, 1.54) is 0 Å². The summed E-state index contributed by atoms with van der Waals surface area (Å²) in [6.45, 7) is 3.75. The molecule has 4 rings (SSSR count). The van der Waals surface area contributed by atoms with Gasteiger partial charge in [-0.1, -0.05) is 36.4 Å². The Morgan fingerprint density at radius 2 is 1.69 bits per heavy atom. The fraction of sp³-hybridized carbons (Fsp3) is 0.208. The molecule has 29 heavy (non-hydrogen) atoms. The van der Waals surface area contributed by atoms with Gasteiger partial charge in [-0.2, -0.15) is 0 Å². The van der Waals surface area contributed by atoms with Crippen LogP contribution >= 0.6 is 0 Å². The maximum absolute atomic E-state index is 12.6. The highest BCUT2D eigenvalue weighted by molar-refractivity contribution is 6.04. The Bertz CT molecular complexity index is 936. The van der Waals surface area contributed by atoms with E-state index >= 15 is 0 Å². The Labute approximate surface area is 170 Å². The van der Waals surface area contributed by atoms with Gasteiger partial charge in [-0.05, 0) is 48.0 Å². The van der Waals surface area contributed by atoms with Crippen LogP contribution in [0.1, 0.15) is 15.9 Å². The van der Waals surface area contributed by atoms with E-state index in [1.807, 2.05) is 66.7 Å². The van der Waals surface area contributed by atoms with Crippen LogP contribution in [0, 0.1) is 0 Å². The molecule has 5 heteroatoms. The van der Waals surface area contributed by atoms with Gasteiger partial charge in [0.15, 0.2) is 0 Å². The number of anilines is 2. The number of nitrogens with one attached hydrogen (secondary N) is 1. The van der Waals surface area contributed by atoms with Gasteiger partial charge in [-0.3, -0.25) is 4.79 Å². The van der Waals surface area contributed by atoms with Crippen LogP contribution in [0.25, 0.3) is 0 Å². The van der Waals surface area contributed by atoms with Crippen molar-refractivity contribution in [1.29, 1.82) is 0 Å². The van der Waals surface area contributed by atoms with Crippen molar-refractivity contribution in [3.63, 3.8) is 0 Å². The summed E-state index contributed by atoms with van der Waals surface area (Å²) in [5, 5.41) is 2.95. The molecule has 0 saturated carbocycles. The molecule has 148 valence electrons. The quantitative estimate of drug-likeness (QED) is 0.682. The van der Waals surface area contributed by atoms with Crippen LogP contribution in [0.15, 0.2) is 78.9 Å². The Morgan fingerprint density at radius 3 is 2.45 bits per heavy atom. The molecule has 0 unspecified atom stereocenters. The summed E-state index contributed by atoms with van der Waals surface area (Å²) in [7, 11) is 0. The van der Waals surface area contributed by atoms with Crippen molar-refractivity contribution in [3.8, 4) is 5.75 Å². The average molecular weight is 388 g/mol. The summed E-state index contributed by atoms with van der Waals surface area (Å²) in [4.78, 5) is 14.9. The molecule has 1 fully saturated rings. The first-order valence-corrected chi connectivity index (χ1v) is 9.79. The zero-order valence-electron chi connectivity index (χ0n) is 16.2. The van der Waals surface area contributed by atoms with E-state index in [0.29, 0.717) is 17.9 Å². The van der Waals surface area contributed by atoms with E-state index in [9.17, 15) is 4.79 Å². The molecule has 0 atom stereocenters. The number of rotatable bonds is 6. The van der Waals surface area contributed by atoms with Crippen molar-refractivity contribution >= 4 is 17.3 Å². The van der Waals surface area contributed by atoms with E-state index in [2.05, 4.69) is 10.2 Å². The van der Waals surface area contributed by atoms with Crippen LogP contribution < -0.4 is 15.0 Å². The summed E-state index contributed by atoms with van der Waals surface area (Å²) < 4.78 is 11.2. The van der Waals surface area contributed by atoms with Crippen LogP contribution in [-0.2, 0) is 11.3 Å². The van der Waals surface area contributed by atoms with Gasteiger partial charge in [0.05, 0.1) is 13.2 Å². The summed E-state index contributed by atoms with van der Waals surface area (Å²) in [6, 6.07) is 25.1. The topological polar surface area (TPSA) is 50.8 Å². The summed E-state index contributed by atoms with van der Waals surface area (Å²) >= 11 is 0. The molecule has 3 aromatic rings. The minimum atomic E-state index is -0.158. The number of benzene rings is 3. The lowest BCUT2D eigenvalue weighted by Crippen LogP contribution is -2.36. The van der Waals surface area contributed by atoms with E-state index in [4.69, 9.17) is 9.47 Å². The molecule has 0 bridgehead atoms. The fourth-order valence-electron chi connectivity index (χ4n) is 3.25. The molecule has 1 saturated heterocycles. The standard InChI is InChI=1S/C24H24N2O3/c27-24(25-21-9-11-22(12-10-21)26-13-15-28-16-14-26)20-7-4-8-23(17-20)29-18-19-5-2-1-3-6-19/h1-12,17H,13-16,18H2,(H,25,27). The van der Waals surface area contributed by atoms with E-state index in [0.717, 1.165) is 43.2 Å². The lowest BCUT2D eigenvalue weighted by atomic mass is 10.2. The second-order valence-electron chi connectivity index (χ2n) is 6.90. The number of hydrogen-bond acceptors (Lipinski definition) is 4. The van der Waals surface area contributed by atoms with E-state index in [-0.39, 0.29) is 5.91 Å². The number of carbonyl (C=O) groups excluding carboxylic acids is 1. The number of ether oxygens (including phenoxy) is 2. The van der Waals surface area contributed by atoms with Crippen molar-refractivity contribution in [3.05, 3.63) is 90.0 Å². The second kappa shape index (κ2) is 9.26. The van der Waals surface area contributed by atoms with Crippen LogP contribution in [-0.4, -0.2) is 32.2 Å². The van der Waals surface area contributed by atoms with E-state index in [1.54, 1.807) is 12.1 Å². The fourth-order valence-corrected chi connectivity index (χ4v) is 3.25. The number of carbonyl (C=O) groups is 1. The number of hydrogen-bond donors (Lipinski definition) is 1. The van der Waals surface area contributed by atoms with Crippen molar-refractivity contribution in [2.24, 2.45) is 0 Å². The summed E-state index contributed by atoms with van der Waals surface area (Å²) in [6.07, 6.45) is 0. The normalized spacial score (nSPS) is 13.7. The number of nitrogens with zero attached hydrogens (tertiary/aromatic N) is 1. The SMILES string of the molecule is O=C(Nc1ccc(N2CCOCC2)cc1)c1cccc(OCc2ccccc2)c1. The number of amides is 1. The molecule has 1 heterocycles. The van der Waals surface area contributed by atoms with Crippen molar-refractivity contribution in [1.82, 2.24) is 0 Å². The van der Waals surface area contributed by atoms with Gasteiger partial charge >= 0.3 is 0 Å². The molecule has 1 N–H and O–H groups in total. The highest BCUT2D eigenvalue weighted by Gasteiger charge is 2.12. The first kappa shape index (κ1) is 19.0. The van der Waals surface area contributed by atoms with Gasteiger partial charge in [-0.15, -0.1) is 0 Å². The first-order chi connectivity index (χ1) is 14.3. The van der Waals surface area contributed by atoms with Gasteiger partial charge in [0.2, 0.25) is 0 Å². The van der Waals surface area contributed by atoms with Crippen molar-refractivity contribution < 1.29 is 14.3 Å². The largest absolute Gasteiger partial charge is 0.489 e. The van der Waals surface area contributed by atoms with Crippen LogP contribution in [0.5, 0.6) is 5.75 Å². The summed E-state index contributed by atoms with van der Waals surface area (Å²) in [5.41, 5.74) is 3.56. The van der Waals surface area contributed by atoms with Gasteiger partial charge < -0.3 is 19.7 Å². The zero-order valence-corrected chi connectivity index (χ0v) is 16.2. The van der Waals surface area contributed by atoms with E-state index < -0.39 is 0 Å². The molecule has 0 aliphatic carbocycles. The third-order valence-corrected chi connectivity index (χ3v) is 4.85. The maximum atomic E-state index is 12.6. The first-order valence-electron chi connectivity index (χ1n) is 9.79. The molecule has 0 radical (unpaired) electrons. The lowest BCUT2D eigenvalue weighted by molar-refractivity contribution is 0.102. The van der Waals surface area contributed by atoms with Crippen LogP contribution in [0.4, 0.5) is 11.4 Å². The molecule has 1 aliphatic rings. The number of morpholine rings is 1. The average Bonchev–Trinajstić information content (AvgIpc) is 2.80.